The van der Waals surface area contributed by atoms with E-state index in [4.69, 9.17) is 21.1 Å². The monoisotopic (exact) mass is 324 g/mol. The lowest BCUT2D eigenvalue weighted by atomic mass is 10.1. The fourth-order valence-corrected chi connectivity index (χ4v) is 3.36. The van der Waals surface area contributed by atoms with E-state index in [0.717, 1.165) is 0 Å². The van der Waals surface area contributed by atoms with E-state index in [9.17, 15) is 9.50 Å². The van der Waals surface area contributed by atoms with Gasteiger partial charge in [-0.1, -0.05) is 11.6 Å². The van der Waals surface area contributed by atoms with Gasteiger partial charge in [-0.25, -0.2) is 9.37 Å². The molecule has 4 rings (SSSR count). The van der Waals surface area contributed by atoms with Crippen molar-refractivity contribution in [2.45, 2.75) is 24.4 Å². The Morgan fingerprint density at radius 2 is 2.09 bits per heavy atom. The minimum atomic E-state index is -0.611. The molecule has 0 saturated carbocycles. The summed E-state index contributed by atoms with van der Waals surface area (Å²) in [5.41, 5.74) is 0.522. The molecule has 2 fully saturated rings. The van der Waals surface area contributed by atoms with Crippen LogP contribution < -0.4 is 0 Å². The second-order valence-electron chi connectivity index (χ2n) is 5.51. The Morgan fingerprint density at radius 1 is 1.27 bits per heavy atom. The van der Waals surface area contributed by atoms with Crippen molar-refractivity contribution < 1.29 is 19.0 Å². The normalized spacial score (nSPS) is 30.7. The number of imidazole rings is 1. The molecule has 2 saturated heterocycles. The third kappa shape index (κ3) is 2.14. The quantitative estimate of drug-likeness (QED) is 0.918. The Morgan fingerprint density at radius 3 is 2.95 bits per heavy atom. The largest absolute Gasteiger partial charge is 0.388 e. The fraction of sp³-hybridized carbons (Fsp3) is 0.400. The number of ether oxygens (including phenoxy) is 2. The summed E-state index contributed by atoms with van der Waals surface area (Å²) >= 11 is 6.18. The van der Waals surface area contributed by atoms with Crippen LogP contribution in [0, 0.1) is 5.82 Å². The number of aliphatic hydroxyl groups excluding tert-OH is 1. The average molecular weight is 325 g/mol. The number of nitrogens with zero attached hydrogens (tertiary/aromatic N) is 2. The molecule has 3 heterocycles. The zero-order valence-corrected chi connectivity index (χ0v) is 12.3. The smallest absolute Gasteiger partial charge is 0.141 e. The molecular weight excluding hydrogens is 311 g/mol. The van der Waals surface area contributed by atoms with Crippen LogP contribution in [0.1, 0.15) is 6.04 Å². The van der Waals surface area contributed by atoms with E-state index in [2.05, 4.69) is 4.98 Å². The molecular formula is C15H14ClFN2O3. The molecule has 116 valence electrons. The Balaban J connectivity index is 1.73. The van der Waals surface area contributed by atoms with Gasteiger partial charge in [-0.15, -0.1) is 0 Å². The summed E-state index contributed by atoms with van der Waals surface area (Å²) in [5, 5.41) is 10.3. The van der Waals surface area contributed by atoms with Crippen molar-refractivity contribution >= 4 is 11.6 Å². The van der Waals surface area contributed by atoms with Crippen LogP contribution in [0.5, 0.6) is 0 Å². The van der Waals surface area contributed by atoms with Gasteiger partial charge in [-0.3, -0.25) is 0 Å². The number of aromatic nitrogens is 2. The van der Waals surface area contributed by atoms with Gasteiger partial charge < -0.3 is 19.1 Å². The van der Waals surface area contributed by atoms with E-state index < -0.39 is 6.10 Å². The summed E-state index contributed by atoms with van der Waals surface area (Å²) in [6.07, 6.45) is 2.24. The first-order chi connectivity index (χ1) is 10.6. The maximum atomic E-state index is 13.5. The minimum Gasteiger partial charge on any atom is -0.388 e. The second-order valence-corrected chi connectivity index (χ2v) is 5.92. The second kappa shape index (κ2) is 5.31. The minimum absolute atomic E-state index is 0.126. The maximum absolute atomic E-state index is 13.5. The molecule has 0 bridgehead atoms. The van der Waals surface area contributed by atoms with E-state index in [-0.39, 0.29) is 30.7 Å². The number of hydrogen-bond donors (Lipinski definition) is 1. The Bertz CT molecular complexity index is 708. The standard InChI is InChI=1S/C15H14ClFN2O3/c16-10-2-1-8(17)5-9(10)15-18-3-4-19(15)11-6-21-14-12(20)7-22-13(11)14/h1-5,11-14,20H,6-7H2/t11-,12-,13-,14-/m1/s1. The highest BCUT2D eigenvalue weighted by Gasteiger charge is 2.48. The van der Waals surface area contributed by atoms with Gasteiger partial charge in [0.25, 0.3) is 0 Å². The maximum Gasteiger partial charge on any atom is 0.141 e. The molecule has 0 aliphatic carbocycles. The number of halogens is 2. The van der Waals surface area contributed by atoms with E-state index in [1.165, 1.54) is 18.2 Å². The van der Waals surface area contributed by atoms with Crippen LogP contribution in [0.3, 0.4) is 0 Å². The molecule has 1 aromatic carbocycles. The number of rotatable bonds is 2. The molecule has 0 amide bonds. The molecule has 22 heavy (non-hydrogen) atoms. The highest BCUT2D eigenvalue weighted by atomic mass is 35.5. The van der Waals surface area contributed by atoms with Crippen LogP contribution >= 0.6 is 11.6 Å². The lowest BCUT2D eigenvalue weighted by Gasteiger charge is -2.20. The van der Waals surface area contributed by atoms with Gasteiger partial charge in [0.05, 0.1) is 24.3 Å². The van der Waals surface area contributed by atoms with Gasteiger partial charge >= 0.3 is 0 Å². The summed E-state index contributed by atoms with van der Waals surface area (Å²) in [7, 11) is 0. The summed E-state index contributed by atoms with van der Waals surface area (Å²) in [6, 6.07) is 4.05. The first kappa shape index (κ1) is 14.1. The van der Waals surface area contributed by atoms with Crippen molar-refractivity contribution in [1.29, 1.82) is 0 Å². The van der Waals surface area contributed by atoms with Crippen LogP contribution in [-0.2, 0) is 9.47 Å². The summed E-state index contributed by atoms with van der Waals surface area (Å²) in [5.74, 6) is 0.186. The highest BCUT2D eigenvalue weighted by Crippen LogP contribution is 2.37. The number of fused-ring (bicyclic) bond motifs is 1. The first-order valence-corrected chi connectivity index (χ1v) is 7.42. The molecule has 7 heteroatoms. The molecule has 2 aliphatic heterocycles. The summed E-state index contributed by atoms with van der Waals surface area (Å²) in [4.78, 5) is 4.30. The number of aliphatic hydroxyl groups is 1. The Labute approximate surface area is 131 Å². The van der Waals surface area contributed by atoms with Crippen LogP contribution in [0.15, 0.2) is 30.6 Å². The van der Waals surface area contributed by atoms with Crippen LogP contribution in [-0.4, -0.2) is 46.2 Å². The number of benzene rings is 1. The van der Waals surface area contributed by atoms with Crippen molar-refractivity contribution in [1.82, 2.24) is 9.55 Å². The van der Waals surface area contributed by atoms with Crippen LogP contribution in [0.25, 0.3) is 11.4 Å². The van der Waals surface area contributed by atoms with Crippen LogP contribution in [0.4, 0.5) is 4.39 Å². The van der Waals surface area contributed by atoms with Gasteiger partial charge in [0.15, 0.2) is 0 Å². The van der Waals surface area contributed by atoms with Crippen molar-refractivity contribution in [3.8, 4) is 11.4 Å². The predicted octanol–water partition coefficient (Wildman–Crippen LogP) is 2.04. The third-order valence-corrected chi connectivity index (χ3v) is 4.53. The van der Waals surface area contributed by atoms with E-state index >= 15 is 0 Å². The van der Waals surface area contributed by atoms with Crippen molar-refractivity contribution in [2.75, 3.05) is 13.2 Å². The lowest BCUT2D eigenvalue weighted by molar-refractivity contribution is 0.0172. The molecule has 1 aromatic heterocycles. The first-order valence-electron chi connectivity index (χ1n) is 7.04. The lowest BCUT2D eigenvalue weighted by Crippen LogP contribution is -2.30. The molecule has 1 N–H and O–H groups in total. The molecule has 0 radical (unpaired) electrons. The van der Waals surface area contributed by atoms with Crippen molar-refractivity contribution in [3.63, 3.8) is 0 Å². The molecule has 2 aromatic rings. The zero-order valence-electron chi connectivity index (χ0n) is 11.5. The molecule has 0 spiro atoms. The molecule has 0 unspecified atom stereocenters. The van der Waals surface area contributed by atoms with Crippen molar-refractivity contribution in [2.24, 2.45) is 0 Å². The third-order valence-electron chi connectivity index (χ3n) is 4.20. The average Bonchev–Trinajstić information content (AvgIpc) is 3.19. The molecule has 4 atom stereocenters. The predicted molar refractivity (Wildman–Crippen MR) is 77.2 cm³/mol. The fourth-order valence-electron chi connectivity index (χ4n) is 3.16. The molecule has 2 aliphatic rings. The highest BCUT2D eigenvalue weighted by molar-refractivity contribution is 6.33. The Kier molecular flexibility index (Phi) is 3.41. The van der Waals surface area contributed by atoms with E-state index in [1.54, 1.807) is 12.4 Å². The van der Waals surface area contributed by atoms with E-state index in [1.807, 2.05) is 4.57 Å². The van der Waals surface area contributed by atoms with E-state index in [0.29, 0.717) is 23.0 Å². The summed E-state index contributed by atoms with van der Waals surface area (Å²) < 4.78 is 26.7. The van der Waals surface area contributed by atoms with Gasteiger partial charge in [0.1, 0.15) is 30.0 Å². The topological polar surface area (TPSA) is 56.5 Å². The van der Waals surface area contributed by atoms with Crippen LogP contribution in [0.2, 0.25) is 5.02 Å². The van der Waals surface area contributed by atoms with Gasteiger partial charge in [-0.05, 0) is 18.2 Å². The Hall–Kier alpha value is -1.47. The zero-order chi connectivity index (χ0) is 15.3. The molecule has 5 nitrogen and oxygen atoms in total. The van der Waals surface area contributed by atoms with Crippen molar-refractivity contribution in [3.05, 3.63) is 41.4 Å². The SMILES string of the molecule is O[C@@H]1CO[C@H]2[C@@H]1OC[C@H]2n1ccnc1-c1cc(F)ccc1Cl. The van der Waals surface area contributed by atoms with Gasteiger partial charge in [-0.2, -0.15) is 0 Å². The summed E-state index contributed by atoms with van der Waals surface area (Å²) in [6.45, 7) is 0.666. The van der Waals surface area contributed by atoms with Gasteiger partial charge in [0, 0.05) is 18.0 Å². The number of hydrogen-bond acceptors (Lipinski definition) is 4. The van der Waals surface area contributed by atoms with Gasteiger partial charge in [0.2, 0.25) is 0 Å².